The Balaban J connectivity index is 1.99. The van der Waals surface area contributed by atoms with Gasteiger partial charge in [0.05, 0.1) is 0 Å². The summed E-state index contributed by atoms with van der Waals surface area (Å²) < 4.78 is 5.45. The third-order valence-electron chi connectivity index (χ3n) is 3.93. The maximum atomic E-state index is 9.90. The van der Waals surface area contributed by atoms with Crippen LogP contribution in [0.25, 0.3) is 22.8 Å². The van der Waals surface area contributed by atoms with Crippen molar-refractivity contribution < 1.29 is 9.63 Å². The highest BCUT2D eigenvalue weighted by atomic mass is 16.5. The van der Waals surface area contributed by atoms with E-state index in [1.807, 2.05) is 45.0 Å². The maximum absolute atomic E-state index is 9.90. The van der Waals surface area contributed by atoms with Gasteiger partial charge in [-0.25, -0.2) is 0 Å². The monoisotopic (exact) mass is 323 g/mol. The molecule has 2 aromatic heterocycles. The second kappa shape index (κ2) is 6.43. The summed E-state index contributed by atoms with van der Waals surface area (Å²) in [5.74, 6) is 1.30. The number of nitrogens with zero attached hydrogens (tertiary/aromatic N) is 3. The molecule has 1 aromatic carbocycles. The molecule has 2 heterocycles. The van der Waals surface area contributed by atoms with Crippen LogP contribution in [0.15, 0.2) is 28.8 Å². The highest BCUT2D eigenvalue weighted by Crippen LogP contribution is 2.29. The summed E-state index contributed by atoms with van der Waals surface area (Å²) >= 11 is 0. The van der Waals surface area contributed by atoms with Gasteiger partial charge in [-0.3, -0.25) is 4.98 Å². The highest BCUT2D eigenvalue weighted by Gasteiger charge is 2.14. The standard InChI is InChI=1S/C19H21N3O2/c1-5-6-16-10-15(9-13(4)20-16)19-21-18(22-24-19)14-7-11(2)17(23)12(3)8-14/h7-10,23H,5-6H2,1-4H3. The molecule has 0 aliphatic rings. The summed E-state index contributed by atoms with van der Waals surface area (Å²) in [6, 6.07) is 7.67. The number of hydrogen-bond acceptors (Lipinski definition) is 5. The summed E-state index contributed by atoms with van der Waals surface area (Å²) in [5, 5.41) is 14.0. The second-order valence-corrected chi connectivity index (χ2v) is 6.12. The summed E-state index contributed by atoms with van der Waals surface area (Å²) in [4.78, 5) is 9.05. The molecule has 0 aliphatic heterocycles. The fourth-order valence-electron chi connectivity index (χ4n) is 2.79. The van der Waals surface area contributed by atoms with Gasteiger partial charge in [0.15, 0.2) is 0 Å². The molecule has 0 saturated heterocycles. The first kappa shape index (κ1) is 16.2. The molecule has 0 fully saturated rings. The predicted octanol–water partition coefficient (Wildman–Crippen LogP) is 4.38. The molecule has 0 amide bonds. The Kier molecular flexibility index (Phi) is 4.34. The number of rotatable bonds is 4. The highest BCUT2D eigenvalue weighted by molar-refractivity contribution is 5.63. The maximum Gasteiger partial charge on any atom is 0.258 e. The number of benzene rings is 1. The molecule has 0 spiro atoms. The molecular weight excluding hydrogens is 302 g/mol. The van der Waals surface area contributed by atoms with Crippen molar-refractivity contribution in [3.63, 3.8) is 0 Å². The van der Waals surface area contributed by atoms with Crippen molar-refractivity contribution in [1.29, 1.82) is 0 Å². The first-order valence-corrected chi connectivity index (χ1v) is 8.10. The van der Waals surface area contributed by atoms with Crippen molar-refractivity contribution in [1.82, 2.24) is 15.1 Å². The molecule has 5 nitrogen and oxygen atoms in total. The van der Waals surface area contributed by atoms with Gasteiger partial charge in [0.2, 0.25) is 5.82 Å². The fraction of sp³-hybridized carbons (Fsp3) is 0.316. The zero-order valence-electron chi connectivity index (χ0n) is 14.4. The first-order valence-electron chi connectivity index (χ1n) is 8.10. The van der Waals surface area contributed by atoms with Gasteiger partial charge in [-0.2, -0.15) is 4.98 Å². The van der Waals surface area contributed by atoms with E-state index in [0.717, 1.165) is 46.5 Å². The van der Waals surface area contributed by atoms with Gasteiger partial charge in [0.25, 0.3) is 5.89 Å². The second-order valence-electron chi connectivity index (χ2n) is 6.12. The molecule has 0 atom stereocenters. The summed E-state index contributed by atoms with van der Waals surface area (Å²) in [6.45, 7) is 7.81. The number of aryl methyl sites for hydroxylation is 4. The van der Waals surface area contributed by atoms with Crippen molar-refractivity contribution in [3.05, 3.63) is 46.8 Å². The molecular formula is C19H21N3O2. The van der Waals surface area contributed by atoms with Gasteiger partial charge in [0.1, 0.15) is 5.75 Å². The average molecular weight is 323 g/mol. The molecule has 0 bridgehead atoms. The van der Waals surface area contributed by atoms with Crippen LogP contribution in [0.4, 0.5) is 0 Å². The molecule has 1 N–H and O–H groups in total. The van der Waals surface area contributed by atoms with Crippen LogP contribution in [0.3, 0.4) is 0 Å². The van der Waals surface area contributed by atoms with Gasteiger partial charge in [-0.15, -0.1) is 0 Å². The number of aromatic nitrogens is 3. The van der Waals surface area contributed by atoms with E-state index in [2.05, 4.69) is 22.0 Å². The average Bonchev–Trinajstić information content (AvgIpc) is 3.02. The van der Waals surface area contributed by atoms with Crippen LogP contribution in [-0.4, -0.2) is 20.2 Å². The van der Waals surface area contributed by atoms with Crippen LogP contribution in [0, 0.1) is 20.8 Å². The summed E-state index contributed by atoms with van der Waals surface area (Å²) in [6.07, 6.45) is 1.96. The normalized spacial score (nSPS) is 11.0. The quantitative estimate of drug-likeness (QED) is 0.771. The lowest BCUT2D eigenvalue weighted by Crippen LogP contribution is -1.93. The van der Waals surface area contributed by atoms with E-state index in [4.69, 9.17) is 4.52 Å². The van der Waals surface area contributed by atoms with Crippen molar-refractivity contribution >= 4 is 0 Å². The molecule has 0 radical (unpaired) electrons. The van der Waals surface area contributed by atoms with Crippen molar-refractivity contribution in [2.45, 2.75) is 40.5 Å². The Hall–Kier alpha value is -2.69. The van der Waals surface area contributed by atoms with E-state index in [9.17, 15) is 5.11 Å². The van der Waals surface area contributed by atoms with Crippen LogP contribution in [0.1, 0.15) is 35.9 Å². The lowest BCUT2D eigenvalue weighted by molar-refractivity contribution is 0.432. The smallest absolute Gasteiger partial charge is 0.258 e. The third-order valence-corrected chi connectivity index (χ3v) is 3.93. The minimum Gasteiger partial charge on any atom is -0.507 e. The van der Waals surface area contributed by atoms with E-state index in [-0.39, 0.29) is 0 Å². The Morgan fingerprint density at radius 3 is 2.33 bits per heavy atom. The largest absolute Gasteiger partial charge is 0.507 e. The zero-order chi connectivity index (χ0) is 17.3. The van der Waals surface area contributed by atoms with Gasteiger partial charge >= 0.3 is 0 Å². The minimum absolute atomic E-state index is 0.302. The summed E-state index contributed by atoms with van der Waals surface area (Å²) in [5.41, 5.74) is 5.27. The van der Waals surface area contributed by atoms with Crippen molar-refractivity contribution in [2.24, 2.45) is 0 Å². The minimum atomic E-state index is 0.302. The van der Waals surface area contributed by atoms with E-state index in [0.29, 0.717) is 17.5 Å². The number of phenols is 1. The number of pyridine rings is 1. The molecule has 3 aromatic rings. The third kappa shape index (κ3) is 3.15. The zero-order valence-corrected chi connectivity index (χ0v) is 14.4. The van der Waals surface area contributed by atoms with E-state index >= 15 is 0 Å². The van der Waals surface area contributed by atoms with Gasteiger partial charge in [0, 0.05) is 22.5 Å². The molecule has 0 saturated carbocycles. The van der Waals surface area contributed by atoms with Gasteiger partial charge < -0.3 is 9.63 Å². The Morgan fingerprint density at radius 2 is 1.67 bits per heavy atom. The SMILES string of the molecule is CCCc1cc(-c2nc(-c3cc(C)c(O)c(C)c3)no2)cc(C)n1. The molecule has 124 valence electrons. The number of hydrogen-bond donors (Lipinski definition) is 1. The van der Waals surface area contributed by atoms with Crippen molar-refractivity contribution in [3.8, 4) is 28.6 Å². The number of phenolic OH excluding ortho intramolecular Hbond substituents is 1. The molecule has 0 aliphatic carbocycles. The van der Waals surface area contributed by atoms with Crippen LogP contribution in [0.2, 0.25) is 0 Å². The van der Waals surface area contributed by atoms with Crippen LogP contribution in [-0.2, 0) is 6.42 Å². The summed E-state index contributed by atoms with van der Waals surface area (Å²) in [7, 11) is 0. The lowest BCUT2D eigenvalue weighted by atomic mass is 10.1. The Labute approximate surface area is 141 Å². The van der Waals surface area contributed by atoms with Crippen molar-refractivity contribution in [2.75, 3.05) is 0 Å². The van der Waals surface area contributed by atoms with Gasteiger partial charge in [-0.1, -0.05) is 18.5 Å². The van der Waals surface area contributed by atoms with E-state index in [1.165, 1.54) is 0 Å². The Bertz CT molecular complexity index is 861. The first-order chi connectivity index (χ1) is 11.5. The molecule has 5 heteroatoms. The van der Waals surface area contributed by atoms with Crippen LogP contribution in [0.5, 0.6) is 5.75 Å². The molecule has 24 heavy (non-hydrogen) atoms. The predicted molar refractivity (Wildman–Crippen MR) is 92.8 cm³/mol. The van der Waals surface area contributed by atoms with Crippen LogP contribution >= 0.6 is 0 Å². The topological polar surface area (TPSA) is 72.0 Å². The van der Waals surface area contributed by atoms with E-state index < -0.39 is 0 Å². The van der Waals surface area contributed by atoms with Crippen LogP contribution < -0.4 is 0 Å². The number of aromatic hydroxyl groups is 1. The lowest BCUT2D eigenvalue weighted by Gasteiger charge is -2.04. The van der Waals surface area contributed by atoms with E-state index in [1.54, 1.807) is 0 Å². The Morgan fingerprint density at radius 1 is 0.958 bits per heavy atom. The van der Waals surface area contributed by atoms with Gasteiger partial charge in [-0.05, 0) is 62.6 Å². The fourth-order valence-corrected chi connectivity index (χ4v) is 2.79. The molecule has 3 rings (SSSR count). The molecule has 0 unspecified atom stereocenters.